The van der Waals surface area contributed by atoms with Crippen molar-refractivity contribution >= 4 is 12.1 Å². The van der Waals surface area contributed by atoms with Gasteiger partial charge in [0.05, 0.1) is 6.20 Å². The van der Waals surface area contributed by atoms with Crippen LogP contribution in [0.4, 0.5) is 9.18 Å². The van der Waals surface area contributed by atoms with E-state index in [-0.39, 0.29) is 12.4 Å². The van der Waals surface area contributed by atoms with E-state index in [0.717, 1.165) is 0 Å². The van der Waals surface area contributed by atoms with Gasteiger partial charge in [0.1, 0.15) is 29.4 Å². The second-order valence-corrected chi connectivity index (χ2v) is 9.78. The highest BCUT2D eigenvalue weighted by Gasteiger charge is 2.24. The first-order valence-corrected chi connectivity index (χ1v) is 11.1. The minimum absolute atomic E-state index is 0.171. The molecule has 1 atom stereocenters. The van der Waals surface area contributed by atoms with E-state index in [2.05, 4.69) is 10.4 Å². The SMILES string of the molecule is CC(C)(C)OC(=O)NCCCn1cc(-c2ccc(OC[C@@H](O)C(=O)OC(C)(C)C)cc2F)cn1. The monoisotopic (exact) mass is 479 g/mol. The largest absolute Gasteiger partial charge is 0.490 e. The molecule has 2 N–H and O–H groups in total. The van der Waals surface area contributed by atoms with Crippen LogP contribution in [0.25, 0.3) is 11.1 Å². The van der Waals surface area contributed by atoms with E-state index in [0.29, 0.717) is 30.6 Å². The van der Waals surface area contributed by atoms with Gasteiger partial charge < -0.3 is 24.6 Å². The number of aromatic nitrogens is 2. The third-order valence-electron chi connectivity index (χ3n) is 4.20. The van der Waals surface area contributed by atoms with Crippen molar-refractivity contribution in [1.82, 2.24) is 15.1 Å². The number of aryl methyl sites for hydroxylation is 1. The summed E-state index contributed by atoms with van der Waals surface area (Å²) in [5.74, 6) is -1.17. The highest BCUT2D eigenvalue weighted by atomic mass is 19.1. The zero-order valence-electron chi connectivity index (χ0n) is 20.6. The Kier molecular flexibility index (Phi) is 9.03. The molecule has 2 aromatic rings. The molecule has 0 saturated heterocycles. The van der Waals surface area contributed by atoms with Crippen LogP contribution >= 0.6 is 0 Å². The lowest BCUT2D eigenvalue weighted by molar-refractivity contribution is -0.166. The van der Waals surface area contributed by atoms with Crippen molar-refractivity contribution in [3.8, 4) is 16.9 Å². The summed E-state index contributed by atoms with van der Waals surface area (Å²) in [5.41, 5.74) is -0.370. The number of ether oxygens (including phenoxy) is 3. The van der Waals surface area contributed by atoms with Gasteiger partial charge in [0.25, 0.3) is 0 Å². The number of rotatable bonds is 9. The second kappa shape index (κ2) is 11.3. The molecule has 0 fully saturated rings. The van der Waals surface area contributed by atoms with Crippen LogP contribution < -0.4 is 10.1 Å². The lowest BCUT2D eigenvalue weighted by atomic mass is 10.1. The van der Waals surface area contributed by atoms with Crippen LogP contribution in [0.5, 0.6) is 5.75 Å². The molecule has 0 radical (unpaired) electrons. The standard InChI is InChI=1S/C24H34FN3O6/c1-23(2,3)33-21(30)20(29)15-32-17-8-9-18(19(25)12-17)16-13-27-28(14-16)11-7-10-26-22(31)34-24(4,5)6/h8-9,12-14,20,29H,7,10-11,15H2,1-6H3,(H,26,31)/t20-/m1/s1. The summed E-state index contributed by atoms with van der Waals surface area (Å²) in [6.45, 7) is 11.0. The third kappa shape index (κ3) is 9.38. The maximum Gasteiger partial charge on any atom is 0.407 e. The molecule has 0 aliphatic heterocycles. The zero-order valence-corrected chi connectivity index (χ0v) is 20.6. The molecule has 0 unspecified atom stereocenters. The average Bonchev–Trinajstić information content (AvgIpc) is 3.15. The van der Waals surface area contributed by atoms with Crippen LogP contribution in [0.3, 0.4) is 0 Å². The molecular weight excluding hydrogens is 445 g/mol. The number of benzene rings is 1. The molecule has 34 heavy (non-hydrogen) atoms. The Morgan fingerprint density at radius 3 is 2.44 bits per heavy atom. The zero-order chi connectivity index (χ0) is 25.5. The van der Waals surface area contributed by atoms with Crippen LogP contribution in [-0.4, -0.2) is 57.4 Å². The molecule has 0 aliphatic rings. The first kappa shape index (κ1) is 27.1. The topological polar surface area (TPSA) is 112 Å². The number of nitrogens with one attached hydrogen (secondary N) is 1. The molecule has 1 aromatic carbocycles. The summed E-state index contributed by atoms with van der Waals surface area (Å²) >= 11 is 0. The van der Waals surface area contributed by atoms with E-state index in [1.165, 1.54) is 12.1 Å². The Hall–Kier alpha value is -3.14. The summed E-state index contributed by atoms with van der Waals surface area (Å²) in [6.07, 6.45) is 1.92. The Morgan fingerprint density at radius 1 is 1.15 bits per heavy atom. The van der Waals surface area contributed by atoms with Gasteiger partial charge in [0.15, 0.2) is 6.10 Å². The van der Waals surface area contributed by atoms with Gasteiger partial charge in [-0.1, -0.05) is 0 Å². The van der Waals surface area contributed by atoms with Crippen LogP contribution in [0, 0.1) is 5.82 Å². The molecule has 10 heteroatoms. The van der Waals surface area contributed by atoms with Crippen molar-refractivity contribution in [1.29, 1.82) is 0 Å². The van der Waals surface area contributed by atoms with Crippen LogP contribution in [0.15, 0.2) is 30.6 Å². The maximum atomic E-state index is 14.6. The number of aliphatic hydroxyl groups is 1. The van der Waals surface area contributed by atoms with Gasteiger partial charge in [-0.25, -0.2) is 14.0 Å². The number of hydrogen-bond donors (Lipinski definition) is 2. The first-order chi connectivity index (χ1) is 15.7. The van der Waals surface area contributed by atoms with E-state index >= 15 is 0 Å². The summed E-state index contributed by atoms with van der Waals surface area (Å²) < 4.78 is 31.9. The summed E-state index contributed by atoms with van der Waals surface area (Å²) in [4.78, 5) is 23.5. The number of amides is 1. The van der Waals surface area contributed by atoms with E-state index < -0.39 is 35.2 Å². The van der Waals surface area contributed by atoms with Crippen LogP contribution in [0.1, 0.15) is 48.0 Å². The Balaban J connectivity index is 1.86. The number of carbonyl (C=O) groups excluding carboxylic acids is 2. The lowest BCUT2D eigenvalue weighted by Crippen LogP contribution is -2.35. The quantitative estimate of drug-likeness (QED) is 0.417. The number of esters is 1. The number of halogens is 1. The molecule has 0 bridgehead atoms. The molecule has 188 valence electrons. The summed E-state index contributed by atoms with van der Waals surface area (Å²) in [6, 6.07) is 4.26. The normalized spacial score (nSPS) is 12.7. The molecule has 1 aromatic heterocycles. The molecule has 0 spiro atoms. The fraction of sp³-hybridized carbons (Fsp3) is 0.542. The van der Waals surface area contributed by atoms with Crippen molar-refractivity contribution in [3.05, 3.63) is 36.4 Å². The van der Waals surface area contributed by atoms with Crippen LogP contribution in [-0.2, 0) is 20.8 Å². The number of alkyl carbamates (subject to hydrolysis) is 1. The molecule has 1 amide bonds. The van der Waals surface area contributed by atoms with E-state index in [1.807, 2.05) is 0 Å². The number of nitrogens with zero attached hydrogens (tertiary/aromatic N) is 2. The number of hydrogen-bond acceptors (Lipinski definition) is 7. The van der Waals surface area contributed by atoms with E-state index in [1.54, 1.807) is 64.7 Å². The summed E-state index contributed by atoms with van der Waals surface area (Å²) in [5, 5.41) is 16.8. The van der Waals surface area contributed by atoms with Gasteiger partial charge in [-0.3, -0.25) is 4.68 Å². The minimum Gasteiger partial charge on any atom is -0.490 e. The van der Waals surface area contributed by atoms with Crippen molar-refractivity contribution in [2.75, 3.05) is 13.2 Å². The Bertz CT molecular complexity index is 978. The van der Waals surface area contributed by atoms with Crippen LogP contribution in [0.2, 0.25) is 0 Å². The number of aliphatic hydroxyl groups excluding tert-OH is 1. The van der Waals surface area contributed by atoms with Gasteiger partial charge in [0.2, 0.25) is 0 Å². The predicted octanol–water partition coefficient (Wildman–Crippen LogP) is 3.69. The molecule has 1 heterocycles. The first-order valence-electron chi connectivity index (χ1n) is 11.1. The van der Waals surface area contributed by atoms with E-state index in [9.17, 15) is 19.1 Å². The highest BCUT2D eigenvalue weighted by molar-refractivity contribution is 5.75. The molecule has 2 rings (SSSR count). The Morgan fingerprint density at radius 2 is 1.82 bits per heavy atom. The maximum absolute atomic E-state index is 14.6. The second-order valence-electron chi connectivity index (χ2n) is 9.78. The van der Waals surface area contributed by atoms with Gasteiger partial charge in [0, 0.05) is 36.5 Å². The fourth-order valence-corrected chi connectivity index (χ4v) is 2.80. The Labute approximate surface area is 199 Å². The van der Waals surface area contributed by atoms with Crippen molar-refractivity contribution < 1.29 is 33.3 Å². The van der Waals surface area contributed by atoms with Gasteiger partial charge >= 0.3 is 12.1 Å². The highest BCUT2D eigenvalue weighted by Crippen LogP contribution is 2.26. The van der Waals surface area contributed by atoms with Gasteiger partial charge in [-0.15, -0.1) is 0 Å². The smallest absolute Gasteiger partial charge is 0.407 e. The lowest BCUT2D eigenvalue weighted by Gasteiger charge is -2.21. The molecule has 0 aliphatic carbocycles. The summed E-state index contributed by atoms with van der Waals surface area (Å²) in [7, 11) is 0. The fourth-order valence-electron chi connectivity index (χ4n) is 2.80. The average molecular weight is 480 g/mol. The van der Waals surface area contributed by atoms with Crippen molar-refractivity contribution in [2.45, 2.75) is 71.8 Å². The van der Waals surface area contributed by atoms with Crippen molar-refractivity contribution in [2.24, 2.45) is 0 Å². The third-order valence-corrected chi connectivity index (χ3v) is 4.20. The minimum atomic E-state index is -1.48. The predicted molar refractivity (Wildman–Crippen MR) is 124 cm³/mol. The van der Waals surface area contributed by atoms with Crippen molar-refractivity contribution in [3.63, 3.8) is 0 Å². The molecule has 0 saturated carbocycles. The number of carbonyl (C=O) groups is 2. The van der Waals surface area contributed by atoms with Gasteiger partial charge in [-0.05, 0) is 60.1 Å². The molecule has 9 nitrogen and oxygen atoms in total. The van der Waals surface area contributed by atoms with Gasteiger partial charge in [-0.2, -0.15) is 5.10 Å². The molecular formula is C24H34FN3O6. The van der Waals surface area contributed by atoms with E-state index in [4.69, 9.17) is 14.2 Å².